The van der Waals surface area contributed by atoms with Gasteiger partial charge in [-0.15, -0.1) is 0 Å². The number of rotatable bonds is 6. The Kier molecular flexibility index (Phi) is 7.97. The highest BCUT2D eigenvalue weighted by atomic mass is 127. The van der Waals surface area contributed by atoms with Crippen LogP contribution in [0.5, 0.6) is 5.75 Å². The molecule has 0 unspecified atom stereocenters. The molecule has 2 aromatic rings. The van der Waals surface area contributed by atoms with E-state index in [1.165, 1.54) is 27.7 Å². The number of benzene rings is 2. The molecule has 1 aliphatic heterocycles. The summed E-state index contributed by atoms with van der Waals surface area (Å²) in [6, 6.07) is 14.1. The third-order valence-electron chi connectivity index (χ3n) is 5.60. The Morgan fingerprint density at radius 3 is 2.48 bits per heavy atom. The Labute approximate surface area is 214 Å². The van der Waals surface area contributed by atoms with E-state index in [0.717, 1.165) is 45.1 Å². The fraction of sp³-hybridized carbons (Fsp3) is 0.333. The van der Waals surface area contributed by atoms with E-state index in [4.69, 9.17) is 4.74 Å². The zero-order chi connectivity index (χ0) is 21.8. The first-order valence-electron chi connectivity index (χ1n) is 10.4. The van der Waals surface area contributed by atoms with E-state index in [-0.39, 0.29) is 11.1 Å². The maximum absolute atomic E-state index is 12.8. The molecule has 2 aliphatic rings. The first kappa shape index (κ1) is 23.1. The second-order valence-electron chi connectivity index (χ2n) is 7.90. The summed E-state index contributed by atoms with van der Waals surface area (Å²) in [5.41, 5.74) is 2.01. The maximum atomic E-state index is 12.8. The summed E-state index contributed by atoms with van der Waals surface area (Å²) in [6.07, 6.45) is 7.71. The zero-order valence-electron chi connectivity index (χ0n) is 17.0. The van der Waals surface area contributed by atoms with Gasteiger partial charge >= 0.3 is 0 Å². The van der Waals surface area contributed by atoms with Gasteiger partial charge in [-0.25, -0.2) is 0 Å². The van der Waals surface area contributed by atoms with Gasteiger partial charge in [-0.2, -0.15) is 0 Å². The molecule has 31 heavy (non-hydrogen) atoms. The van der Waals surface area contributed by atoms with Crippen LogP contribution in [0, 0.1) is 13.1 Å². The third kappa shape index (κ3) is 6.04. The molecule has 0 atom stereocenters. The van der Waals surface area contributed by atoms with Gasteiger partial charge in [0, 0.05) is 10.1 Å². The molecule has 1 saturated carbocycles. The lowest BCUT2D eigenvalue weighted by Crippen LogP contribution is -2.34. The van der Waals surface area contributed by atoms with Crippen LogP contribution in [0.25, 0.3) is 6.08 Å². The number of halogens is 2. The van der Waals surface area contributed by atoms with Gasteiger partial charge in [-0.3, -0.25) is 14.5 Å². The van der Waals surface area contributed by atoms with Gasteiger partial charge in [0.2, 0.25) is 0 Å². The summed E-state index contributed by atoms with van der Waals surface area (Å²) in [5.74, 6) is 1.10. The first-order valence-corrected chi connectivity index (χ1v) is 13.4. The maximum Gasteiger partial charge on any atom is 0.293 e. The van der Waals surface area contributed by atoms with Crippen molar-refractivity contribution >= 4 is 74.2 Å². The van der Waals surface area contributed by atoms with Crippen LogP contribution >= 0.6 is 56.9 Å². The Morgan fingerprint density at radius 2 is 1.77 bits per heavy atom. The molecule has 0 spiro atoms. The Bertz CT molecular complexity index is 1000. The lowest BCUT2D eigenvalue weighted by molar-refractivity contribution is -0.123. The highest BCUT2D eigenvalue weighted by molar-refractivity contribution is 14.1. The van der Waals surface area contributed by atoms with Gasteiger partial charge in [-0.1, -0.05) is 37.5 Å². The van der Waals surface area contributed by atoms with Crippen LogP contribution in [0.3, 0.4) is 0 Å². The normalized spacial score (nSPS) is 18.8. The van der Waals surface area contributed by atoms with Gasteiger partial charge < -0.3 is 4.74 Å². The van der Waals surface area contributed by atoms with Crippen molar-refractivity contribution in [3.05, 3.63) is 65.6 Å². The van der Waals surface area contributed by atoms with E-state index in [1.807, 2.05) is 24.3 Å². The monoisotopic (exact) mass is 659 g/mol. The molecule has 1 aliphatic carbocycles. The summed E-state index contributed by atoms with van der Waals surface area (Å²) in [7, 11) is 0. The largest absolute Gasteiger partial charge is 0.488 e. The summed E-state index contributed by atoms with van der Waals surface area (Å²) >= 11 is 5.58. The van der Waals surface area contributed by atoms with Crippen molar-refractivity contribution in [1.29, 1.82) is 0 Å². The van der Waals surface area contributed by atoms with E-state index in [0.29, 0.717) is 24.0 Å². The molecule has 2 aromatic carbocycles. The van der Waals surface area contributed by atoms with Crippen molar-refractivity contribution in [2.75, 3.05) is 6.54 Å². The number of ether oxygens (including phenoxy) is 1. The minimum absolute atomic E-state index is 0.144. The molecule has 2 amide bonds. The van der Waals surface area contributed by atoms with Crippen LogP contribution in [0.2, 0.25) is 0 Å². The summed E-state index contributed by atoms with van der Waals surface area (Å²) in [5, 5.41) is -0.144. The quantitative estimate of drug-likeness (QED) is 0.246. The van der Waals surface area contributed by atoms with Crippen LogP contribution < -0.4 is 4.74 Å². The molecule has 0 aromatic heterocycles. The number of amides is 2. The molecule has 162 valence electrons. The second kappa shape index (κ2) is 10.7. The van der Waals surface area contributed by atoms with Crippen molar-refractivity contribution in [2.45, 2.75) is 38.7 Å². The molecular weight excluding hydrogens is 636 g/mol. The van der Waals surface area contributed by atoms with Crippen molar-refractivity contribution in [2.24, 2.45) is 5.92 Å². The van der Waals surface area contributed by atoms with Crippen molar-refractivity contribution < 1.29 is 14.3 Å². The standard InChI is InChI=1S/C24H23I2NO3S/c25-19-9-6-17(7-10-19)15-30-21-11-8-18(12-20(21)26)13-22-23(28)27(24(29)31-22)14-16-4-2-1-3-5-16/h6-13,16H,1-5,14-15H2/b22-13+. The predicted molar refractivity (Wildman–Crippen MR) is 142 cm³/mol. The van der Waals surface area contributed by atoms with E-state index >= 15 is 0 Å². The van der Waals surface area contributed by atoms with Crippen LogP contribution in [0.1, 0.15) is 43.2 Å². The lowest BCUT2D eigenvalue weighted by Gasteiger charge is -2.25. The highest BCUT2D eigenvalue weighted by Gasteiger charge is 2.36. The molecule has 7 heteroatoms. The van der Waals surface area contributed by atoms with Gasteiger partial charge in [0.15, 0.2) is 0 Å². The molecule has 2 fully saturated rings. The van der Waals surface area contributed by atoms with Crippen molar-refractivity contribution in [3.8, 4) is 5.75 Å². The van der Waals surface area contributed by atoms with Crippen LogP contribution in [-0.2, 0) is 11.4 Å². The summed E-state index contributed by atoms with van der Waals surface area (Å²) < 4.78 is 8.13. The lowest BCUT2D eigenvalue weighted by atomic mass is 9.89. The smallest absolute Gasteiger partial charge is 0.293 e. The van der Waals surface area contributed by atoms with Gasteiger partial charge in [-0.05, 0) is 117 Å². The van der Waals surface area contributed by atoms with E-state index < -0.39 is 0 Å². The third-order valence-corrected chi connectivity index (χ3v) is 8.07. The minimum Gasteiger partial charge on any atom is -0.488 e. The first-order chi connectivity index (χ1) is 15.0. The number of hydrogen-bond acceptors (Lipinski definition) is 4. The molecule has 1 saturated heterocycles. The number of carbonyl (C=O) groups excluding carboxylic acids is 2. The molecule has 0 radical (unpaired) electrons. The topological polar surface area (TPSA) is 46.6 Å². The Hall–Kier alpha value is -1.07. The summed E-state index contributed by atoms with van der Waals surface area (Å²) in [6.45, 7) is 1.07. The van der Waals surface area contributed by atoms with Crippen LogP contribution in [0.15, 0.2) is 47.4 Å². The Balaban J connectivity index is 1.41. The number of imide groups is 1. The van der Waals surface area contributed by atoms with E-state index in [1.54, 1.807) is 0 Å². The Morgan fingerprint density at radius 1 is 1.03 bits per heavy atom. The fourth-order valence-corrected chi connectivity index (χ4v) is 5.81. The molecule has 4 nitrogen and oxygen atoms in total. The average molecular weight is 659 g/mol. The van der Waals surface area contributed by atoms with Crippen molar-refractivity contribution in [1.82, 2.24) is 4.90 Å². The molecular formula is C24H23I2NO3S. The molecule has 0 N–H and O–H groups in total. The zero-order valence-corrected chi connectivity index (χ0v) is 22.1. The summed E-state index contributed by atoms with van der Waals surface area (Å²) in [4.78, 5) is 27.2. The van der Waals surface area contributed by atoms with E-state index in [2.05, 4.69) is 69.4 Å². The molecule has 4 rings (SSSR count). The van der Waals surface area contributed by atoms with Crippen LogP contribution in [0.4, 0.5) is 4.79 Å². The average Bonchev–Trinajstić information content (AvgIpc) is 3.02. The van der Waals surface area contributed by atoms with Crippen molar-refractivity contribution in [3.63, 3.8) is 0 Å². The van der Waals surface area contributed by atoms with Gasteiger partial charge in [0.25, 0.3) is 11.1 Å². The second-order valence-corrected chi connectivity index (χ2v) is 11.3. The highest BCUT2D eigenvalue weighted by Crippen LogP contribution is 2.35. The van der Waals surface area contributed by atoms with Gasteiger partial charge in [0.05, 0.1) is 8.48 Å². The van der Waals surface area contributed by atoms with Crippen LogP contribution in [-0.4, -0.2) is 22.6 Å². The SMILES string of the molecule is O=C1S/C(=C/c2ccc(OCc3ccc(I)cc3)c(I)c2)C(=O)N1CC1CCCCC1. The number of thioether (sulfide) groups is 1. The van der Waals surface area contributed by atoms with E-state index in [9.17, 15) is 9.59 Å². The number of carbonyl (C=O) groups is 2. The fourth-order valence-electron chi connectivity index (χ4n) is 3.90. The number of hydrogen-bond donors (Lipinski definition) is 0. The predicted octanol–water partition coefficient (Wildman–Crippen LogP) is 7.09. The number of nitrogens with zero attached hydrogens (tertiary/aromatic N) is 1. The molecule has 0 bridgehead atoms. The van der Waals surface area contributed by atoms with Gasteiger partial charge in [0.1, 0.15) is 12.4 Å². The minimum atomic E-state index is -0.158. The molecule has 1 heterocycles.